The number of amides is 3. The third-order valence-electron chi connectivity index (χ3n) is 8.21. The van der Waals surface area contributed by atoms with E-state index < -0.39 is 47.7 Å². The van der Waals surface area contributed by atoms with Gasteiger partial charge < -0.3 is 9.64 Å². The molecule has 2 aromatic carbocycles. The molecule has 3 aromatic rings. The lowest BCUT2D eigenvalue weighted by molar-refractivity contribution is -0.143. The zero-order chi connectivity index (χ0) is 27.6. The molecule has 0 saturated carbocycles. The summed E-state index contributed by atoms with van der Waals surface area (Å²) in [5.74, 6) is -2.97. The van der Waals surface area contributed by atoms with E-state index in [0.29, 0.717) is 30.4 Å². The van der Waals surface area contributed by atoms with Crippen molar-refractivity contribution in [3.05, 3.63) is 70.4 Å². The summed E-state index contributed by atoms with van der Waals surface area (Å²) in [6.45, 7) is 3.23. The number of aryl methyl sites for hydroxylation is 3. The van der Waals surface area contributed by atoms with E-state index >= 15 is 0 Å². The van der Waals surface area contributed by atoms with E-state index in [1.54, 1.807) is 22.7 Å². The van der Waals surface area contributed by atoms with Gasteiger partial charge in [0.25, 0.3) is 5.91 Å². The van der Waals surface area contributed by atoms with Crippen LogP contribution in [-0.2, 0) is 33.4 Å². The van der Waals surface area contributed by atoms with Crippen LogP contribution in [0.5, 0.6) is 0 Å². The smallest absolute Gasteiger partial charge is 0.418 e. The highest BCUT2D eigenvalue weighted by Crippen LogP contribution is 2.46. The first-order valence-corrected chi connectivity index (χ1v) is 12.9. The highest BCUT2D eigenvalue weighted by Gasteiger charge is 2.58. The topological polar surface area (TPSA) is 97.6 Å². The number of ether oxygens (including phenoxy) is 1. The molecule has 2 saturated heterocycles. The number of rotatable bonds is 4. The average Bonchev–Trinajstić information content (AvgIpc) is 3.63. The number of likely N-dealkylation sites (tertiary alicyclic amines) is 1. The number of hydrogen-bond acceptors (Lipinski definition) is 6. The Kier molecular flexibility index (Phi) is 5.78. The van der Waals surface area contributed by atoms with E-state index in [2.05, 4.69) is 10.3 Å². The van der Waals surface area contributed by atoms with Crippen molar-refractivity contribution in [1.29, 1.82) is 0 Å². The SMILES string of the molecule is Cc1nnn(C)c1-c1ccc2c(c1)CC[C@@]21OC(=O)N(CC(=O)N2[C@@H](C)CC[C@H]2c2ccc(F)c(F)c2)C1=O. The summed E-state index contributed by atoms with van der Waals surface area (Å²) in [6, 6.07) is 8.51. The Hall–Kier alpha value is -4.15. The molecule has 3 atom stereocenters. The van der Waals surface area contributed by atoms with Crippen LogP contribution in [0.25, 0.3) is 11.3 Å². The quantitative estimate of drug-likeness (QED) is 0.502. The first-order chi connectivity index (χ1) is 18.6. The summed E-state index contributed by atoms with van der Waals surface area (Å²) in [5, 5.41) is 8.15. The number of carbonyl (C=O) groups excluding carboxylic acids is 3. The minimum Gasteiger partial charge on any atom is -0.427 e. The van der Waals surface area contributed by atoms with Gasteiger partial charge in [-0.15, -0.1) is 5.10 Å². The van der Waals surface area contributed by atoms with Gasteiger partial charge in [-0.1, -0.05) is 23.4 Å². The van der Waals surface area contributed by atoms with Crippen molar-refractivity contribution < 1.29 is 27.9 Å². The van der Waals surface area contributed by atoms with Gasteiger partial charge in [-0.05, 0) is 62.4 Å². The largest absolute Gasteiger partial charge is 0.427 e. The lowest BCUT2D eigenvalue weighted by atomic mass is 9.93. The molecule has 2 fully saturated rings. The Morgan fingerprint density at radius 3 is 2.64 bits per heavy atom. The molecule has 9 nitrogen and oxygen atoms in total. The zero-order valence-electron chi connectivity index (χ0n) is 21.8. The predicted octanol–water partition coefficient (Wildman–Crippen LogP) is 3.94. The minimum atomic E-state index is -1.47. The standard InChI is InChI=1S/C28H27F2N5O4/c1-15-4-9-23(18-6-8-21(29)22(30)13-18)35(15)24(36)14-34-26(37)28(39-27(34)38)11-10-17-12-19(5-7-20(17)28)25-16(2)31-32-33(25)3/h5-8,12-13,15,23H,4,9-11,14H2,1-3H3/t15-,23-,28+/m0/s1. The average molecular weight is 536 g/mol. The van der Waals surface area contributed by atoms with Gasteiger partial charge in [0.2, 0.25) is 11.5 Å². The number of benzene rings is 2. The van der Waals surface area contributed by atoms with Crippen LogP contribution in [0, 0.1) is 18.6 Å². The van der Waals surface area contributed by atoms with Gasteiger partial charge in [0, 0.05) is 30.6 Å². The van der Waals surface area contributed by atoms with Crippen molar-refractivity contribution in [2.75, 3.05) is 6.54 Å². The van der Waals surface area contributed by atoms with Gasteiger partial charge in [0.1, 0.15) is 6.54 Å². The van der Waals surface area contributed by atoms with E-state index in [9.17, 15) is 23.2 Å². The van der Waals surface area contributed by atoms with Crippen molar-refractivity contribution in [1.82, 2.24) is 24.8 Å². The first kappa shape index (κ1) is 25.1. The van der Waals surface area contributed by atoms with E-state index in [1.807, 2.05) is 26.0 Å². The van der Waals surface area contributed by atoms with Crippen LogP contribution < -0.4 is 0 Å². The van der Waals surface area contributed by atoms with Crippen molar-refractivity contribution >= 4 is 17.9 Å². The van der Waals surface area contributed by atoms with E-state index in [4.69, 9.17) is 4.74 Å². The van der Waals surface area contributed by atoms with Crippen molar-refractivity contribution in [2.45, 2.75) is 57.2 Å². The summed E-state index contributed by atoms with van der Waals surface area (Å²) in [7, 11) is 1.81. The molecule has 1 aliphatic carbocycles. The van der Waals surface area contributed by atoms with Crippen LogP contribution in [0.4, 0.5) is 13.6 Å². The molecule has 6 rings (SSSR count). The van der Waals surface area contributed by atoms with Gasteiger partial charge >= 0.3 is 6.09 Å². The molecule has 3 heterocycles. The predicted molar refractivity (Wildman–Crippen MR) is 134 cm³/mol. The van der Waals surface area contributed by atoms with Crippen LogP contribution >= 0.6 is 0 Å². The molecule has 11 heteroatoms. The number of halogens is 2. The maximum absolute atomic E-state index is 13.9. The van der Waals surface area contributed by atoms with Crippen LogP contribution in [0.15, 0.2) is 36.4 Å². The third-order valence-corrected chi connectivity index (χ3v) is 8.21. The fourth-order valence-electron chi connectivity index (χ4n) is 6.32. The zero-order valence-corrected chi connectivity index (χ0v) is 21.8. The molecule has 0 bridgehead atoms. The van der Waals surface area contributed by atoms with Crippen molar-refractivity contribution in [3.8, 4) is 11.3 Å². The number of aromatic nitrogens is 3. The lowest BCUT2D eigenvalue weighted by Crippen LogP contribution is -2.46. The molecule has 1 aromatic heterocycles. The summed E-state index contributed by atoms with van der Waals surface area (Å²) in [5.41, 5.74) is 3.02. The molecule has 2 aliphatic heterocycles. The molecular formula is C28H27F2N5O4. The lowest BCUT2D eigenvalue weighted by Gasteiger charge is -2.30. The van der Waals surface area contributed by atoms with Crippen molar-refractivity contribution in [3.63, 3.8) is 0 Å². The summed E-state index contributed by atoms with van der Waals surface area (Å²) < 4.78 is 34.8. The Morgan fingerprint density at radius 2 is 1.92 bits per heavy atom. The monoisotopic (exact) mass is 535 g/mol. The maximum atomic E-state index is 13.9. The van der Waals surface area contributed by atoms with E-state index in [0.717, 1.165) is 39.5 Å². The summed E-state index contributed by atoms with van der Waals surface area (Å²) in [4.78, 5) is 42.5. The van der Waals surface area contributed by atoms with Crippen molar-refractivity contribution in [2.24, 2.45) is 7.05 Å². The second-order valence-electron chi connectivity index (χ2n) is 10.5. The van der Waals surface area contributed by atoms with Crippen LogP contribution in [-0.4, -0.2) is 55.3 Å². The Morgan fingerprint density at radius 1 is 1.13 bits per heavy atom. The van der Waals surface area contributed by atoms with Gasteiger partial charge in [-0.2, -0.15) is 0 Å². The van der Waals surface area contributed by atoms with E-state index in [1.165, 1.54) is 6.07 Å². The minimum absolute atomic E-state index is 0.200. The van der Waals surface area contributed by atoms with E-state index in [-0.39, 0.29) is 12.5 Å². The maximum Gasteiger partial charge on any atom is 0.418 e. The summed E-state index contributed by atoms with van der Waals surface area (Å²) in [6.07, 6.45) is 1.14. The fraction of sp³-hybridized carbons (Fsp3) is 0.393. The number of fused-ring (bicyclic) bond motifs is 2. The van der Waals surface area contributed by atoms with Gasteiger partial charge in [-0.25, -0.2) is 23.2 Å². The first-order valence-electron chi connectivity index (χ1n) is 12.9. The molecule has 39 heavy (non-hydrogen) atoms. The fourth-order valence-corrected chi connectivity index (χ4v) is 6.32. The Bertz CT molecular complexity index is 1520. The molecule has 3 amide bonds. The second-order valence-corrected chi connectivity index (χ2v) is 10.5. The van der Waals surface area contributed by atoms with Crippen LogP contribution in [0.3, 0.4) is 0 Å². The number of imide groups is 1. The Labute approximate surface area is 223 Å². The highest BCUT2D eigenvalue weighted by molar-refractivity contribution is 6.06. The Balaban J connectivity index is 1.25. The van der Waals surface area contributed by atoms with Gasteiger partial charge in [0.05, 0.1) is 17.4 Å². The molecule has 1 spiro atoms. The number of nitrogens with zero attached hydrogens (tertiary/aromatic N) is 5. The highest BCUT2D eigenvalue weighted by atomic mass is 19.2. The molecule has 3 aliphatic rings. The normalized spacial score (nSPS) is 24.1. The summed E-state index contributed by atoms with van der Waals surface area (Å²) >= 11 is 0. The third kappa shape index (κ3) is 3.82. The van der Waals surface area contributed by atoms with Crippen LogP contribution in [0.2, 0.25) is 0 Å². The second kappa shape index (κ2) is 8.96. The number of hydrogen-bond donors (Lipinski definition) is 0. The van der Waals surface area contributed by atoms with Gasteiger partial charge in [-0.3, -0.25) is 9.59 Å². The molecule has 0 N–H and O–H groups in total. The van der Waals surface area contributed by atoms with Gasteiger partial charge in [0.15, 0.2) is 11.6 Å². The molecule has 202 valence electrons. The molecule has 0 radical (unpaired) electrons. The molecule has 0 unspecified atom stereocenters. The number of carbonyl (C=O) groups is 3. The van der Waals surface area contributed by atoms with Crippen LogP contribution in [0.1, 0.15) is 54.6 Å². The molecular weight excluding hydrogens is 508 g/mol.